The lowest BCUT2D eigenvalue weighted by Crippen LogP contribution is -2.38. The standard InChI is InChI=1S/C12H13N5O2S/c18-12(16-6-8-19-9-7-16)20-11-13-14-15-17(11)10-4-2-1-3-5-10/h1-5H,6-9H2. The van der Waals surface area contributed by atoms with Gasteiger partial charge >= 0.3 is 0 Å². The van der Waals surface area contributed by atoms with Gasteiger partial charge in [0.2, 0.25) is 5.16 Å². The van der Waals surface area contributed by atoms with Gasteiger partial charge in [0.15, 0.2) is 0 Å². The van der Waals surface area contributed by atoms with Gasteiger partial charge in [-0.25, -0.2) is 0 Å². The molecule has 1 saturated heterocycles. The molecule has 104 valence electrons. The maximum atomic E-state index is 12.2. The maximum Gasteiger partial charge on any atom is 0.289 e. The molecule has 1 aromatic heterocycles. The van der Waals surface area contributed by atoms with E-state index in [1.807, 2.05) is 30.3 Å². The SMILES string of the molecule is O=C(Sc1nnnn1-c1ccccc1)N1CCOCC1. The number of thioether (sulfide) groups is 1. The van der Waals surface area contributed by atoms with Crippen molar-refractivity contribution in [1.29, 1.82) is 0 Å². The van der Waals surface area contributed by atoms with E-state index in [0.717, 1.165) is 17.4 Å². The van der Waals surface area contributed by atoms with Crippen LogP contribution in [0.4, 0.5) is 4.79 Å². The van der Waals surface area contributed by atoms with Crippen LogP contribution in [-0.2, 0) is 4.74 Å². The molecule has 3 rings (SSSR count). The highest BCUT2D eigenvalue weighted by molar-refractivity contribution is 8.13. The molecule has 0 N–H and O–H groups in total. The van der Waals surface area contributed by atoms with Gasteiger partial charge < -0.3 is 9.64 Å². The number of aromatic nitrogens is 4. The Balaban J connectivity index is 1.75. The Morgan fingerprint density at radius 2 is 1.95 bits per heavy atom. The Bertz CT molecular complexity index is 583. The molecule has 0 unspecified atom stereocenters. The number of nitrogens with zero attached hydrogens (tertiary/aromatic N) is 5. The summed E-state index contributed by atoms with van der Waals surface area (Å²) in [5, 5.41) is 11.9. The third kappa shape index (κ3) is 2.81. The molecule has 20 heavy (non-hydrogen) atoms. The van der Waals surface area contributed by atoms with E-state index >= 15 is 0 Å². The minimum Gasteiger partial charge on any atom is -0.378 e. The van der Waals surface area contributed by atoms with Crippen molar-refractivity contribution >= 4 is 17.0 Å². The highest BCUT2D eigenvalue weighted by Gasteiger charge is 2.21. The fourth-order valence-electron chi connectivity index (χ4n) is 1.86. The second kappa shape index (κ2) is 6.02. The van der Waals surface area contributed by atoms with Crippen molar-refractivity contribution in [2.75, 3.05) is 26.3 Å². The van der Waals surface area contributed by atoms with Crippen molar-refractivity contribution in [3.63, 3.8) is 0 Å². The number of hydrogen-bond donors (Lipinski definition) is 0. The molecule has 0 aliphatic carbocycles. The van der Waals surface area contributed by atoms with E-state index in [-0.39, 0.29) is 5.24 Å². The molecule has 1 aromatic carbocycles. The van der Waals surface area contributed by atoms with E-state index in [4.69, 9.17) is 4.74 Å². The van der Waals surface area contributed by atoms with Gasteiger partial charge in [0.1, 0.15) is 0 Å². The summed E-state index contributed by atoms with van der Waals surface area (Å²) in [6.45, 7) is 2.38. The van der Waals surface area contributed by atoms with Crippen LogP contribution in [0.1, 0.15) is 0 Å². The van der Waals surface area contributed by atoms with Crippen molar-refractivity contribution in [3.8, 4) is 5.69 Å². The normalized spacial score (nSPS) is 15.3. The van der Waals surface area contributed by atoms with Crippen LogP contribution in [0.3, 0.4) is 0 Å². The number of para-hydroxylation sites is 1. The van der Waals surface area contributed by atoms with Crippen LogP contribution in [0.25, 0.3) is 5.69 Å². The lowest BCUT2D eigenvalue weighted by molar-refractivity contribution is 0.0593. The molecule has 0 spiro atoms. The number of carbonyl (C=O) groups is 1. The van der Waals surface area contributed by atoms with Gasteiger partial charge in [0.05, 0.1) is 18.9 Å². The Labute approximate surface area is 119 Å². The largest absolute Gasteiger partial charge is 0.378 e. The molecule has 2 aromatic rings. The van der Waals surface area contributed by atoms with Crippen molar-refractivity contribution in [3.05, 3.63) is 30.3 Å². The van der Waals surface area contributed by atoms with Crippen molar-refractivity contribution in [2.24, 2.45) is 0 Å². The van der Waals surface area contributed by atoms with Gasteiger partial charge in [-0.3, -0.25) is 4.79 Å². The molecule has 1 fully saturated rings. The highest BCUT2D eigenvalue weighted by atomic mass is 32.2. The first-order valence-electron chi connectivity index (χ1n) is 6.23. The number of ether oxygens (including phenoxy) is 1. The Morgan fingerprint density at radius 3 is 2.70 bits per heavy atom. The smallest absolute Gasteiger partial charge is 0.289 e. The molecule has 0 saturated carbocycles. The van der Waals surface area contributed by atoms with Crippen molar-refractivity contribution in [2.45, 2.75) is 5.16 Å². The first kappa shape index (κ1) is 13.1. The summed E-state index contributed by atoms with van der Waals surface area (Å²) in [5.41, 5.74) is 0.828. The van der Waals surface area contributed by atoms with Gasteiger partial charge in [-0.05, 0) is 22.6 Å². The summed E-state index contributed by atoms with van der Waals surface area (Å²) >= 11 is 1.04. The van der Waals surface area contributed by atoms with E-state index in [2.05, 4.69) is 15.5 Å². The third-order valence-electron chi connectivity index (χ3n) is 2.89. The van der Waals surface area contributed by atoms with Gasteiger partial charge in [-0.15, -0.1) is 5.10 Å². The molecule has 1 amide bonds. The van der Waals surface area contributed by atoms with E-state index in [1.165, 1.54) is 0 Å². The molecule has 1 aliphatic rings. The maximum absolute atomic E-state index is 12.2. The molecular formula is C12H13N5O2S. The van der Waals surface area contributed by atoms with Crippen LogP contribution in [-0.4, -0.2) is 56.6 Å². The fraction of sp³-hybridized carbons (Fsp3) is 0.333. The van der Waals surface area contributed by atoms with Gasteiger partial charge in [-0.2, -0.15) is 4.68 Å². The molecule has 0 radical (unpaired) electrons. The van der Waals surface area contributed by atoms with Crippen LogP contribution in [0.15, 0.2) is 35.5 Å². The molecule has 7 nitrogen and oxygen atoms in total. The predicted molar refractivity (Wildman–Crippen MR) is 72.8 cm³/mol. The molecule has 8 heteroatoms. The average molecular weight is 291 g/mol. The van der Waals surface area contributed by atoms with Gasteiger partial charge in [0, 0.05) is 24.9 Å². The Morgan fingerprint density at radius 1 is 1.20 bits per heavy atom. The summed E-state index contributed by atoms with van der Waals surface area (Å²) in [6, 6.07) is 9.49. The van der Waals surface area contributed by atoms with E-state index < -0.39 is 0 Å². The van der Waals surface area contributed by atoms with Crippen LogP contribution in [0.2, 0.25) is 0 Å². The van der Waals surface area contributed by atoms with E-state index in [0.29, 0.717) is 31.5 Å². The van der Waals surface area contributed by atoms with Crippen LogP contribution in [0, 0.1) is 0 Å². The number of rotatable bonds is 2. The van der Waals surface area contributed by atoms with Crippen LogP contribution < -0.4 is 0 Å². The zero-order valence-corrected chi connectivity index (χ0v) is 11.5. The topological polar surface area (TPSA) is 73.1 Å². The highest BCUT2D eigenvalue weighted by Crippen LogP contribution is 2.21. The monoisotopic (exact) mass is 291 g/mol. The summed E-state index contributed by atoms with van der Waals surface area (Å²) in [4.78, 5) is 13.9. The number of amides is 1. The van der Waals surface area contributed by atoms with Crippen LogP contribution in [0.5, 0.6) is 0 Å². The van der Waals surface area contributed by atoms with Gasteiger partial charge in [-0.1, -0.05) is 18.2 Å². The first-order chi connectivity index (χ1) is 9.84. The summed E-state index contributed by atoms with van der Waals surface area (Å²) in [5.74, 6) is 0. The zero-order valence-electron chi connectivity index (χ0n) is 10.7. The molecule has 0 atom stereocenters. The minimum atomic E-state index is -0.0553. The first-order valence-corrected chi connectivity index (χ1v) is 7.04. The van der Waals surface area contributed by atoms with Gasteiger partial charge in [0.25, 0.3) is 5.24 Å². The molecule has 1 aliphatic heterocycles. The van der Waals surface area contributed by atoms with Crippen molar-refractivity contribution in [1.82, 2.24) is 25.1 Å². The second-order valence-corrected chi connectivity index (χ2v) is 5.09. The summed E-state index contributed by atoms with van der Waals surface area (Å²) < 4.78 is 6.79. The second-order valence-electron chi connectivity index (χ2n) is 4.18. The zero-order chi connectivity index (χ0) is 13.8. The minimum absolute atomic E-state index is 0.0553. The molecule has 2 heterocycles. The summed E-state index contributed by atoms with van der Waals surface area (Å²) in [6.07, 6.45) is 0. The lowest BCUT2D eigenvalue weighted by Gasteiger charge is -2.25. The predicted octanol–water partition coefficient (Wildman–Crippen LogP) is 1.21. The Hall–Kier alpha value is -1.93. The molecular weight excluding hydrogens is 278 g/mol. The number of benzene rings is 1. The number of hydrogen-bond acceptors (Lipinski definition) is 6. The fourth-order valence-corrected chi connectivity index (χ4v) is 2.64. The molecule has 0 bridgehead atoms. The summed E-state index contributed by atoms with van der Waals surface area (Å²) in [7, 11) is 0. The number of carbonyl (C=O) groups excluding carboxylic acids is 1. The van der Waals surface area contributed by atoms with E-state index in [1.54, 1.807) is 9.58 Å². The van der Waals surface area contributed by atoms with Crippen molar-refractivity contribution < 1.29 is 9.53 Å². The number of tetrazole rings is 1. The van der Waals surface area contributed by atoms with Crippen LogP contribution >= 0.6 is 11.8 Å². The quantitative estimate of drug-likeness (QED) is 0.774. The Kier molecular flexibility index (Phi) is 3.93. The number of morpholine rings is 1. The van der Waals surface area contributed by atoms with E-state index in [9.17, 15) is 4.79 Å². The average Bonchev–Trinajstić information content (AvgIpc) is 2.97. The third-order valence-corrected chi connectivity index (χ3v) is 3.76. The lowest BCUT2D eigenvalue weighted by atomic mass is 10.3.